The molecule has 2 amide bonds. The van der Waals surface area contributed by atoms with Crippen LogP contribution in [0.3, 0.4) is 0 Å². The van der Waals surface area contributed by atoms with Crippen LogP contribution in [0.5, 0.6) is 17.2 Å². The van der Waals surface area contributed by atoms with Crippen molar-refractivity contribution in [1.82, 2.24) is 10.9 Å². The number of fused-ring (bicyclic) bond motifs is 1. The highest BCUT2D eigenvalue weighted by Crippen LogP contribution is 2.32. The van der Waals surface area contributed by atoms with Gasteiger partial charge in [-0.2, -0.15) is 0 Å². The third-order valence-corrected chi connectivity index (χ3v) is 3.73. The molecule has 0 aromatic heterocycles. The first-order chi connectivity index (χ1) is 12.6. The topological polar surface area (TPSA) is 85.9 Å². The first kappa shape index (κ1) is 17.3. The van der Waals surface area contributed by atoms with Gasteiger partial charge < -0.3 is 14.2 Å². The summed E-state index contributed by atoms with van der Waals surface area (Å²) < 4.78 is 15.7. The maximum Gasteiger partial charge on any atom is 0.269 e. The highest BCUT2D eigenvalue weighted by atomic mass is 16.7. The summed E-state index contributed by atoms with van der Waals surface area (Å²) >= 11 is 0. The second-order valence-corrected chi connectivity index (χ2v) is 5.59. The highest BCUT2D eigenvalue weighted by molar-refractivity contribution is 5.98. The van der Waals surface area contributed by atoms with Crippen LogP contribution in [0, 0.1) is 6.92 Å². The molecule has 1 aliphatic rings. The Kier molecular flexibility index (Phi) is 5.07. The molecule has 0 saturated carbocycles. The van der Waals surface area contributed by atoms with Gasteiger partial charge in [-0.05, 0) is 43.3 Å². The smallest absolute Gasteiger partial charge is 0.269 e. The number of carbonyl (C=O) groups is 2. The lowest BCUT2D eigenvalue weighted by atomic mass is 10.1. The van der Waals surface area contributed by atoms with E-state index in [4.69, 9.17) is 14.2 Å². The molecule has 26 heavy (non-hydrogen) atoms. The van der Waals surface area contributed by atoms with Crippen molar-refractivity contribution in [2.75, 3.05) is 13.9 Å². The van der Waals surface area contributed by atoms with E-state index >= 15 is 0 Å². The zero-order valence-electron chi connectivity index (χ0n) is 14.4. The Morgan fingerprint density at radius 1 is 1.08 bits per heavy atom. The zero-order chi connectivity index (χ0) is 18.5. The van der Waals surface area contributed by atoms with E-state index in [9.17, 15) is 9.59 Å². The van der Waals surface area contributed by atoms with Gasteiger partial charge in [0.25, 0.3) is 11.8 Å². The second kappa shape index (κ2) is 7.60. The van der Waals surface area contributed by atoms with Gasteiger partial charge in [-0.15, -0.1) is 0 Å². The van der Waals surface area contributed by atoms with Crippen LogP contribution in [-0.2, 0) is 4.79 Å². The van der Waals surface area contributed by atoms with Gasteiger partial charge in [0, 0.05) is 17.2 Å². The predicted molar refractivity (Wildman–Crippen MR) is 94.9 cm³/mol. The normalized spacial score (nSPS) is 12.1. The Morgan fingerprint density at radius 2 is 1.88 bits per heavy atom. The molecule has 3 rings (SSSR count). The van der Waals surface area contributed by atoms with Gasteiger partial charge in [0.1, 0.15) is 5.75 Å². The average molecular weight is 354 g/mol. The van der Waals surface area contributed by atoms with Crippen LogP contribution in [0.2, 0.25) is 0 Å². The molecule has 7 nitrogen and oxygen atoms in total. The fourth-order valence-electron chi connectivity index (χ4n) is 2.42. The Bertz CT molecular complexity index is 876. The van der Waals surface area contributed by atoms with E-state index < -0.39 is 11.8 Å². The molecule has 134 valence electrons. The summed E-state index contributed by atoms with van der Waals surface area (Å²) in [7, 11) is 1.56. The number of hydrogen-bond acceptors (Lipinski definition) is 5. The van der Waals surface area contributed by atoms with Crippen molar-refractivity contribution in [2.45, 2.75) is 6.92 Å². The highest BCUT2D eigenvalue weighted by Gasteiger charge is 2.16. The lowest BCUT2D eigenvalue weighted by Crippen LogP contribution is -2.40. The molecule has 1 heterocycles. The number of benzene rings is 2. The van der Waals surface area contributed by atoms with Gasteiger partial charge in [0.2, 0.25) is 6.79 Å². The van der Waals surface area contributed by atoms with Crippen molar-refractivity contribution in [3.63, 3.8) is 0 Å². The summed E-state index contributed by atoms with van der Waals surface area (Å²) in [6.07, 6.45) is 2.94. The fraction of sp³-hybridized carbons (Fsp3) is 0.158. The van der Waals surface area contributed by atoms with Gasteiger partial charge in [-0.3, -0.25) is 20.4 Å². The molecule has 7 heteroatoms. The number of rotatable bonds is 4. The first-order valence-corrected chi connectivity index (χ1v) is 7.89. The number of amides is 2. The largest absolute Gasteiger partial charge is 0.496 e. The molecule has 1 aliphatic heterocycles. The minimum absolute atomic E-state index is 0.129. The third-order valence-electron chi connectivity index (χ3n) is 3.73. The van der Waals surface area contributed by atoms with E-state index in [1.807, 2.05) is 25.1 Å². The molecule has 0 fully saturated rings. The number of hydrazine groups is 1. The molecular weight excluding hydrogens is 336 g/mol. The Morgan fingerprint density at radius 3 is 2.69 bits per heavy atom. The molecule has 0 spiro atoms. The first-order valence-electron chi connectivity index (χ1n) is 7.89. The average Bonchev–Trinajstić information content (AvgIpc) is 3.12. The Labute approximate surface area is 150 Å². The molecule has 0 bridgehead atoms. The quantitative estimate of drug-likeness (QED) is 0.649. The molecular formula is C19H18N2O5. The molecule has 2 aromatic rings. The lowest BCUT2D eigenvalue weighted by Gasteiger charge is -2.07. The van der Waals surface area contributed by atoms with Crippen molar-refractivity contribution in [3.05, 3.63) is 59.2 Å². The van der Waals surface area contributed by atoms with Crippen LogP contribution >= 0.6 is 0 Å². The van der Waals surface area contributed by atoms with Crippen LogP contribution in [-0.4, -0.2) is 25.7 Å². The summed E-state index contributed by atoms with van der Waals surface area (Å²) in [5.41, 5.74) is 6.84. The van der Waals surface area contributed by atoms with Crippen LogP contribution in [0.4, 0.5) is 0 Å². The third kappa shape index (κ3) is 3.94. The summed E-state index contributed by atoms with van der Waals surface area (Å²) in [5.74, 6) is 0.806. The summed E-state index contributed by atoms with van der Waals surface area (Å²) in [6.45, 7) is 2.08. The van der Waals surface area contributed by atoms with E-state index in [1.165, 1.54) is 6.08 Å². The Hall–Kier alpha value is -3.48. The van der Waals surface area contributed by atoms with Crippen molar-refractivity contribution in [3.8, 4) is 17.2 Å². The summed E-state index contributed by atoms with van der Waals surface area (Å²) in [6, 6.07) is 10.4. The molecule has 2 aromatic carbocycles. The van der Waals surface area contributed by atoms with Crippen molar-refractivity contribution < 1.29 is 23.8 Å². The van der Waals surface area contributed by atoms with Gasteiger partial charge in [0.05, 0.1) is 7.11 Å². The van der Waals surface area contributed by atoms with E-state index in [0.717, 1.165) is 11.1 Å². The number of carbonyl (C=O) groups excluding carboxylic acids is 2. The van der Waals surface area contributed by atoms with Crippen LogP contribution in [0.15, 0.2) is 42.5 Å². The fourth-order valence-corrected chi connectivity index (χ4v) is 2.42. The van der Waals surface area contributed by atoms with Gasteiger partial charge in [0.15, 0.2) is 11.5 Å². The molecule has 0 saturated heterocycles. The van der Waals surface area contributed by atoms with Gasteiger partial charge in [-0.1, -0.05) is 11.6 Å². The summed E-state index contributed by atoms with van der Waals surface area (Å²) in [5, 5.41) is 0. The van der Waals surface area contributed by atoms with Crippen molar-refractivity contribution >= 4 is 17.9 Å². The molecule has 0 atom stereocenters. The molecule has 0 unspecified atom stereocenters. The number of nitrogens with one attached hydrogen (secondary N) is 2. The van der Waals surface area contributed by atoms with Crippen LogP contribution in [0.25, 0.3) is 6.08 Å². The Balaban J connectivity index is 1.59. The van der Waals surface area contributed by atoms with Gasteiger partial charge in [-0.25, -0.2) is 0 Å². The maximum absolute atomic E-state index is 12.1. The maximum atomic E-state index is 12.1. The standard InChI is InChI=1S/C19H18N2O5/c1-12-3-6-15(24-2)13(9-12)5-8-18(22)20-21-19(23)14-4-7-16-17(10-14)26-11-25-16/h3-10H,11H2,1-2H3,(H,20,22)(H,21,23)/b8-5+. The molecule has 0 radical (unpaired) electrons. The predicted octanol–water partition coefficient (Wildman–Crippen LogP) is 2.21. The summed E-state index contributed by atoms with van der Waals surface area (Å²) in [4.78, 5) is 24.0. The number of methoxy groups -OCH3 is 1. The monoisotopic (exact) mass is 354 g/mol. The minimum Gasteiger partial charge on any atom is -0.496 e. The van der Waals surface area contributed by atoms with E-state index in [0.29, 0.717) is 22.8 Å². The SMILES string of the molecule is COc1ccc(C)cc1/C=C/C(=O)NNC(=O)c1ccc2c(c1)OCO2. The van der Waals surface area contributed by atoms with E-state index in [-0.39, 0.29) is 6.79 Å². The van der Waals surface area contributed by atoms with Crippen molar-refractivity contribution in [1.29, 1.82) is 0 Å². The van der Waals surface area contributed by atoms with Crippen LogP contribution < -0.4 is 25.1 Å². The molecule has 2 N–H and O–H groups in total. The number of hydrogen-bond donors (Lipinski definition) is 2. The van der Waals surface area contributed by atoms with E-state index in [2.05, 4.69) is 10.9 Å². The van der Waals surface area contributed by atoms with Crippen LogP contribution in [0.1, 0.15) is 21.5 Å². The zero-order valence-corrected chi connectivity index (χ0v) is 14.4. The van der Waals surface area contributed by atoms with E-state index in [1.54, 1.807) is 31.4 Å². The minimum atomic E-state index is -0.470. The van der Waals surface area contributed by atoms with Crippen molar-refractivity contribution in [2.24, 2.45) is 0 Å². The molecule has 0 aliphatic carbocycles. The number of aryl methyl sites for hydroxylation is 1. The number of ether oxygens (including phenoxy) is 3. The second-order valence-electron chi connectivity index (χ2n) is 5.59. The van der Waals surface area contributed by atoms with Gasteiger partial charge >= 0.3 is 0 Å². The lowest BCUT2D eigenvalue weighted by molar-refractivity contribution is -0.117.